The summed E-state index contributed by atoms with van der Waals surface area (Å²) < 4.78 is 38.8. The van der Waals surface area contributed by atoms with Gasteiger partial charge in [0.05, 0.1) is 23.2 Å². The number of hydrogen-bond acceptors (Lipinski definition) is 14. The Bertz CT molecular complexity index is 2220. The standard InChI is InChI=1S/C38H41N7O9S2/c1-37(2,3)54-36(48)30(41-35(47)33-38(4,5)55-24-44(33)56(51,52)29-8-6-18-39-21-29)20-25-10-12-26(13-11-25)43-23-42(31-9-7-19-40-34(31)43)22-32(46)53-28-16-14-27(15-17-28)45(49)50/h6-19,21,30,33H,20,22-24H2,1-5H3,(H,41,47)/t30-,33+/m0/s1. The minimum absolute atomic E-state index is 0.0355. The van der Waals surface area contributed by atoms with Crippen LogP contribution in [-0.2, 0) is 35.6 Å². The third-order valence-corrected chi connectivity index (χ3v) is 12.3. The van der Waals surface area contributed by atoms with Crippen molar-refractivity contribution in [2.75, 3.05) is 28.9 Å². The van der Waals surface area contributed by atoms with E-state index in [0.717, 1.165) is 9.99 Å². The molecule has 6 rings (SSSR count). The van der Waals surface area contributed by atoms with E-state index in [1.165, 1.54) is 60.6 Å². The van der Waals surface area contributed by atoms with Gasteiger partial charge in [-0.2, -0.15) is 4.31 Å². The number of nitrogens with one attached hydrogen (secondary N) is 1. The van der Waals surface area contributed by atoms with Crippen LogP contribution < -0.4 is 19.9 Å². The average Bonchev–Trinajstić information content (AvgIpc) is 3.68. The topological polar surface area (TPSA) is 194 Å². The molecule has 1 N–H and O–H groups in total. The number of esters is 2. The predicted octanol–water partition coefficient (Wildman–Crippen LogP) is 4.82. The fourth-order valence-corrected chi connectivity index (χ4v) is 9.47. The van der Waals surface area contributed by atoms with Gasteiger partial charge in [-0.25, -0.2) is 23.0 Å². The van der Waals surface area contributed by atoms with Crippen molar-refractivity contribution < 1.29 is 37.2 Å². The van der Waals surface area contributed by atoms with Crippen LogP contribution in [0.1, 0.15) is 40.2 Å². The van der Waals surface area contributed by atoms with Crippen molar-refractivity contribution >= 4 is 62.5 Å². The van der Waals surface area contributed by atoms with E-state index in [-0.39, 0.29) is 41.8 Å². The molecular formula is C38H41N7O9S2. The molecule has 0 aliphatic carbocycles. The fraction of sp³-hybridized carbons (Fsp3) is 0.342. The van der Waals surface area contributed by atoms with Crippen molar-refractivity contribution in [2.45, 2.75) is 68.4 Å². The highest BCUT2D eigenvalue weighted by molar-refractivity contribution is 8.02. The van der Waals surface area contributed by atoms with E-state index >= 15 is 0 Å². The largest absolute Gasteiger partial charge is 0.458 e. The lowest BCUT2D eigenvalue weighted by Gasteiger charge is -2.32. The zero-order valence-corrected chi connectivity index (χ0v) is 33.0. The summed E-state index contributed by atoms with van der Waals surface area (Å²) in [7, 11) is -4.10. The number of rotatable bonds is 12. The molecular weight excluding hydrogens is 763 g/mol. The first-order valence-corrected chi connectivity index (χ1v) is 20.0. The SMILES string of the molecule is CC(C)(C)OC(=O)[C@H](Cc1ccc(N2CN(CC(=O)Oc3ccc([N+](=O)[O-])cc3)c3cccnc32)cc1)NC(=O)[C@H]1N(S(=O)(=O)c2cccnc2)CSC1(C)C. The summed E-state index contributed by atoms with van der Waals surface area (Å²) in [6.07, 6.45) is 4.39. The van der Waals surface area contributed by atoms with Gasteiger partial charge in [-0.1, -0.05) is 12.1 Å². The van der Waals surface area contributed by atoms with E-state index in [0.29, 0.717) is 17.1 Å². The Balaban J connectivity index is 1.18. The molecule has 0 radical (unpaired) electrons. The molecule has 0 spiro atoms. The second kappa shape index (κ2) is 15.9. The van der Waals surface area contributed by atoms with Crippen LogP contribution in [0, 0.1) is 10.1 Å². The highest BCUT2D eigenvalue weighted by atomic mass is 32.2. The van der Waals surface area contributed by atoms with Crippen LogP contribution in [0.2, 0.25) is 0 Å². The van der Waals surface area contributed by atoms with Gasteiger partial charge in [0.15, 0.2) is 5.82 Å². The molecule has 2 aliphatic rings. The monoisotopic (exact) mass is 803 g/mol. The van der Waals surface area contributed by atoms with Crippen LogP contribution in [0.4, 0.5) is 22.9 Å². The number of pyridine rings is 2. The van der Waals surface area contributed by atoms with Crippen LogP contribution in [0.5, 0.6) is 5.75 Å². The number of nitro groups is 1. The summed E-state index contributed by atoms with van der Waals surface area (Å²) in [4.78, 5) is 63.2. The zero-order chi connectivity index (χ0) is 40.4. The third kappa shape index (κ3) is 8.93. The molecule has 56 heavy (non-hydrogen) atoms. The van der Waals surface area contributed by atoms with E-state index in [1.807, 2.05) is 35.2 Å². The molecule has 0 unspecified atom stereocenters. The Hall–Kier alpha value is -5.59. The predicted molar refractivity (Wildman–Crippen MR) is 209 cm³/mol. The van der Waals surface area contributed by atoms with Crippen LogP contribution in [-0.4, -0.2) is 87.0 Å². The van der Waals surface area contributed by atoms with E-state index in [2.05, 4.69) is 15.3 Å². The lowest BCUT2D eigenvalue weighted by molar-refractivity contribution is -0.384. The van der Waals surface area contributed by atoms with Crippen molar-refractivity contribution in [1.29, 1.82) is 0 Å². The molecule has 2 aliphatic heterocycles. The lowest BCUT2D eigenvalue weighted by atomic mass is 10.0. The molecule has 18 heteroatoms. The van der Waals surface area contributed by atoms with Gasteiger partial charge in [-0.3, -0.25) is 19.9 Å². The zero-order valence-electron chi connectivity index (χ0n) is 31.3. The number of fused-ring (bicyclic) bond motifs is 1. The Morgan fingerprint density at radius 3 is 2.38 bits per heavy atom. The summed E-state index contributed by atoms with van der Waals surface area (Å²) in [5.41, 5.74) is 1.13. The highest BCUT2D eigenvalue weighted by Crippen LogP contribution is 2.42. The van der Waals surface area contributed by atoms with Gasteiger partial charge < -0.3 is 24.6 Å². The summed E-state index contributed by atoms with van der Waals surface area (Å²) in [5.74, 6) is -1.06. The molecule has 1 saturated heterocycles. The molecule has 4 heterocycles. The van der Waals surface area contributed by atoms with Crippen molar-refractivity contribution in [3.05, 3.63) is 107 Å². The second-order valence-electron chi connectivity index (χ2n) is 14.7. The summed E-state index contributed by atoms with van der Waals surface area (Å²) in [6.45, 7) is 8.87. The molecule has 2 aromatic carbocycles. The molecule has 1 amide bonds. The second-order valence-corrected chi connectivity index (χ2v) is 18.2. The Kier molecular flexibility index (Phi) is 11.4. The van der Waals surface area contributed by atoms with E-state index < -0.39 is 55.2 Å². The molecule has 2 aromatic heterocycles. The van der Waals surface area contributed by atoms with Gasteiger partial charge in [-0.15, -0.1) is 11.8 Å². The van der Waals surface area contributed by atoms with Crippen LogP contribution in [0.3, 0.4) is 0 Å². The van der Waals surface area contributed by atoms with Crippen LogP contribution in [0.25, 0.3) is 0 Å². The molecule has 0 bridgehead atoms. The van der Waals surface area contributed by atoms with Gasteiger partial charge in [0.2, 0.25) is 15.9 Å². The first-order chi connectivity index (χ1) is 26.4. The molecule has 2 atom stereocenters. The van der Waals surface area contributed by atoms with E-state index in [9.17, 15) is 32.9 Å². The van der Waals surface area contributed by atoms with Gasteiger partial charge >= 0.3 is 11.9 Å². The van der Waals surface area contributed by atoms with Crippen molar-refractivity contribution in [1.82, 2.24) is 19.6 Å². The third-order valence-electron chi connectivity index (χ3n) is 8.97. The number of anilines is 3. The van der Waals surface area contributed by atoms with E-state index in [4.69, 9.17) is 9.47 Å². The number of ether oxygens (including phenoxy) is 2. The van der Waals surface area contributed by atoms with Crippen LogP contribution >= 0.6 is 11.8 Å². The summed E-state index contributed by atoms with van der Waals surface area (Å²) >= 11 is 1.32. The number of amides is 1. The molecule has 1 fully saturated rings. The molecule has 4 aromatic rings. The minimum Gasteiger partial charge on any atom is -0.458 e. The number of hydrogen-bond donors (Lipinski definition) is 1. The first kappa shape index (κ1) is 40.1. The Labute approximate surface area is 328 Å². The maximum atomic E-state index is 14.1. The number of aromatic nitrogens is 2. The highest BCUT2D eigenvalue weighted by Gasteiger charge is 2.51. The number of sulfonamides is 1. The first-order valence-electron chi connectivity index (χ1n) is 17.5. The lowest BCUT2D eigenvalue weighted by Crippen LogP contribution is -2.57. The number of non-ortho nitro benzene ring substituents is 1. The number of thioether (sulfide) groups is 1. The van der Waals surface area contributed by atoms with Crippen molar-refractivity contribution in [3.63, 3.8) is 0 Å². The smallest absolute Gasteiger partial charge is 0.330 e. The molecule has 0 saturated carbocycles. The molecule has 294 valence electrons. The van der Waals surface area contributed by atoms with Crippen molar-refractivity contribution in [2.24, 2.45) is 0 Å². The van der Waals surface area contributed by atoms with Crippen LogP contribution in [0.15, 0.2) is 96.3 Å². The number of carbonyl (C=O) groups is 3. The van der Waals surface area contributed by atoms with Gasteiger partial charge in [-0.05, 0) is 88.7 Å². The number of nitro benzene ring substituents is 1. The number of benzene rings is 2. The minimum atomic E-state index is -4.10. The number of nitrogens with zero attached hydrogens (tertiary/aromatic N) is 6. The van der Waals surface area contributed by atoms with E-state index in [1.54, 1.807) is 51.8 Å². The Morgan fingerprint density at radius 2 is 1.73 bits per heavy atom. The van der Waals surface area contributed by atoms with Gasteiger partial charge in [0.25, 0.3) is 5.69 Å². The van der Waals surface area contributed by atoms with Gasteiger partial charge in [0, 0.05) is 47.6 Å². The molecule has 16 nitrogen and oxygen atoms in total. The average molecular weight is 804 g/mol. The quantitative estimate of drug-likeness (QED) is 0.0887. The number of carbonyl (C=O) groups excluding carboxylic acids is 3. The summed E-state index contributed by atoms with van der Waals surface area (Å²) in [6, 6.07) is 16.8. The maximum Gasteiger partial charge on any atom is 0.330 e. The Morgan fingerprint density at radius 1 is 1.04 bits per heavy atom. The summed E-state index contributed by atoms with van der Waals surface area (Å²) in [5, 5.41) is 13.8. The fourth-order valence-electron chi connectivity index (χ4n) is 6.34. The van der Waals surface area contributed by atoms with Crippen molar-refractivity contribution in [3.8, 4) is 5.75 Å². The maximum absolute atomic E-state index is 14.1. The normalized spacial score (nSPS) is 17.2. The van der Waals surface area contributed by atoms with Gasteiger partial charge in [0.1, 0.15) is 34.9 Å².